The third kappa shape index (κ3) is 3.99. The first-order chi connectivity index (χ1) is 16.6. The van der Waals surface area contributed by atoms with Crippen LogP contribution in [0.5, 0.6) is 0 Å². The quantitative estimate of drug-likeness (QED) is 0.595. The lowest BCUT2D eigenvalue weighted by atomic mass is 9.91. The Morgan fingerprint density at radius 1 is 0.971 bits per heavy atom. The van der Waals surface area contributed by atoms with Gasteiger partial charge in [-0.15, -0.1) is 0 Å². The number of hydrogen-bond donors (Lipinski definition) is 2. The number of hydrogen-bond acceptors (Lipinski definition) is 7. The Balaban J connectivity index is 1.25. The molecule has 0 amide bonds. The molecule has 8 nitrogen and oxygen atoms in total. The van der Waals surface area contributed by atoms with Gasteiger partial charge in [-0.1, -0.05) is 19.8 Å². The summed E-state index contributed by atoms with van der Waals surface area (Å²) in [5.41, 5.74) is 3.09. The van der Waals surface area contributed by atoms with E-state index in [0.29, 0.717) is 28.1 Å². The van der Waals surface area contributed by atoms with Crippen molar-refractivity contribution in [2.45, 2.75) is 51.9 Å². The molecule has 4 heterocycles. The molecule has 178 valence electrons. The second kappa shape index (κ2) is 8.56. The van der Waals surface area contributed by atoms with Crippen molar-refractivity contribution in [2.24, 2.45) is 11.3 Å². The van der Waals surface area contributed by atoms with Gasteiger partial charge in [0.25, 0.3) is 5.56 Å². The van der Waals surface area contributed by atoms with Crippen molar-refractivity contribution >= 4 is 34.0 Å². The number of aromatic amines is 1. The topological polar surface area (TPSA) is 90.0 Å². The fourth-order valence-corrected chi connectivity index (χ4v) is 5.84. The molecule has 2 aliphatic heterocycles. The second-order valence-corrected chi connectivity index (χ2v) is 10.4. The highest BCUT2D eigenvalue weighted by atomic mass is 16.1. The van der Waals surface area contributed by atoms with Gasteiger partial charge >= 0.3 is 0 Å². The first kappa shape index (κ1) is 21.4. The fourth-order valence-electron chi connectivity index (χ4n) is 5.84. The van der Waals surface area contributed by atoms with Gasteiger partial charge in [-0.25, -0.2) is 10.1 Å². The summed E-state index contributed by atoms with van der Waals surface area (Å²) in [4.78, 5) is 26.8. The standard InChI is InChI=1S/C26H33N7O/c1-18-16-26(18)10-14-32(15-11-26)20-8-6-19(7-9-20)28-23-22-21(17-27-31-24(22)34)29-25(30-23)33-12-4-2-3-5-13-33/h6-9,17-18H,2-5,10-16H2,1H3,(H,31,34)(H,28,29,30). The molecular weight excluding hydrogens is 426 g/mol. The number of aromatic nitrogens is 4. The van der Waals surface area contributed by atoms with E-state index >= 15 is 0 Å². The number of benzene rings is 1. The lowest BCUT2D eigenvalue weighted by molar-refractivity contribution is 0.356. The largest absolute Gasteiger partial charge is 0.371 e. The summed E-state index contributed by atoms with van der Waals surface area (Å²) >= 11 is 0. The minimum atomic E-state index is -0.282. The highest BCUT2D eigenvalue weighted by Gasteiger charge is 2.51. The van der Waals surface area contributed by atoms with Gasteiger partial charge in [0.1, 0.15) is 16.7 Å². The zero-order valence-electron chi connectivity index (χ0n) is 19.9. The van der Waals surface area contributed by atoms with Crippen molar-refractivity contribution in [1.29, 1.82) is 0 Å². The molecule has 1 saturated carbocycles. The zero-order chi connectivity index (χ0) is 23.1. The van der Waals surface area contributed by atoms with Crippen LogP contribution < -0.4 is 20.7 Å². The predicted molar refractivity (Wildman–Crippen MR) is 136 cm³/mol. The molecule has 1 aliphatic carbocycles. The van der Waals surface area contributed by atoms with E-state index < -0.39 is 0 Å². The van der Waals surface area contributed by atoms with Crippen LogP contribution in [-0.4, -0.2) is 46.3 Å². The Morgan fingerprint density at radius 3 is 2.35 bits per heavy atom. The molecule has 0 radical (unpaired) electrons. The Bertz CT molecular complexity index is 1220. The highest BCUT2D eigenvalue weighted by molar-refractivity contribution is 5.90. The van der Waals surface area contributed by atoms with E-state index in [1.54, 1.807) is 6.20 Å². The number of piperidine rings is 1. The molecular formula is C26H33N7O. The number of rotatable bonds is 4. The van der Waals surface area contributed by atoms with Crippen LogP contribution in [0, 0.1) is 11.3 Å². The third-order valence-electron chi connectivity index (χ3n) is 8.25. The minimum Gasteiger partial charge on any atom is -0.371 e. The molecule has 3 aliphatic rings. The van der Waals surface area contributed by atoms with Crippen LogP contribution in [0.15, 0.2) is 35.3 Å². The van der Waals surface area contributed by atoms with Crippen molar-refractivity contribution in [3.63, 3.8) is 0 Å². The van der Waals surface area contributed by atoms with E-state index in [1.807, 2.05) is 0 Å². The van der Waals surface area contributed by atoms with Crippen molar-refractivity contribution in [3.05, 3.63) is 40.8 Å². The summed E-state index contributed by atoms with van der Waals surface area (Å²) < 4.78 is 0. The normalized spacial score (nSPS) is 22.1. The average molecular weight is 460 g/mol. The Morgan fingerprint density at radius 2 is 1.68 bits per heavy atom. The molecule has 1 atom stereocenters. The Hall–Kier alpha value is -3.16. The molecule has 0 bridgehead atoms. The van der Waals surface area contributed by atoms with Gasteiger partial charge in [0.05, 0.1) is 6.20 Å². The fraction of sp³-hybridized carbons (Fsp3) is 0.538. The van der Waals surface area contributed by atoms with E-state index in [-0.39, 0.29) is 5.56 Å². The lowest BCUT2D eigenvalue weighted by Gasteiger charge is -2.34. The maximum absolute atomic E-state index is 12.6. The van der Waals surface area contributed by atoms with Crippen LogP contribution in [0.2, 0.25) is 0 Å². The summed E-state index contributed by atoms with van der Waals surface area (Å²) in [6.45, 7) is 6.54. The van der Waals surface area contributed by atoms with E-state index in [2.05, 4.69) is 61.5 Å². The zero-order valence-corrected chi connectivity index (χ0v) is 19.9. The van der Waals surface area contributed by atoms with Gasteiger partial charge < -0.3 is 15.1 Å². The molecule has 6 rings (SSSR count). The molecule has 1 aromatic carbocycles. The van der Waals surface area contributed by atoms with Crippen LogP contribution in [0.3, 0.4) is 0 Å². The van der Waals surface area contributed by atoms with E-state index in [1.165, 1.54) is 37.8 Å². The van der Waals surface area contributed by atoms with Crippen molar-refractivity contribution < 1.29 is 0 Å². The maximum atomic E-state index is 12.6. The summed E-state index contributed by atoms with van der Waals surface area (Å²) in [6, 6.07) is 8.49. The monoisotopic (exact) mass is 459 g/mol. The maximum Gasteiger partial charge on any atom is 0.277 e. The van der Waals surface area contributed by atoms with E-state index in [4.69, 9.17) is 4.98 Å². The van der Waals surface area contributed by atoms with Gasteiger partial charge in [-0.2, -0.15) is 10.1 Å². The molecule has 3 fully saturated rings. The van der Waals surface area contributed by atoms with Crippen LogP contribution in [-0.2, 0) is 0 Å². The lowest BCUT2D eigenvalue weighted by Crippen LogP contribution is -2.34. The molecule has 2 aromatic heterocycles. The predicted octanol–water partition coefficient (Wildman–Crippen LogP) is 4.46. The third-order valence-corrected chi connectivity index (χ3v) is 8.25. The molecule has 1 unspecified atom stereocenters. The van der Waals surface area contributed by atoms with E-state index in [9.17, 15) is 4.79 Å². The van der Waals surface area contributed by atoms with Crippen LogP contribution in [0.25, 0.3) is 10.9 Å². The van der Waals surface area contributed by atoms with Gasteiger partial charge in [0.15, 0.2) is 0 Å². The number of anilines is 4. The smallest absolute Gasteiger partial charge is 0.277 e. The first-order valence-corrected chi connectivity index (χ1v) is 12.7. The Labute approximate surface area is 199 Å². The molecule has 34 heavy (non-hydrogen) atoms. The van der Waals surface area contributed by atoms with Crippen LogP contribution in [0.1, 0.15) is 51.9 Å². The molecule has 8 heteroatoms. The average Bonchev–Trinajstić information content (AvgIpc) is 3.56. The number of H-pyrrole nitrogens is 1. The molecule has 1 spiro atoms. The number of fused-ring (bicyclic) bond motifs is 1. The van der Waals surface area contributed by atoms with Crippen LogP contribution >= 0.6 is 0 Å². The summed E-state index contributed by atoms with van der Waals surface area (Å²) in [5.74, 6) is 2.10. The SMILES string of the molecule is CC1CC12CCN(c1ccc(Nc3nc(N4CCCCCC4)nc4cn[nH]c(=O)c34)cc1)CC2. The van der Waals surface area contributed by atoms with Crippen molar-refractivity contribution in [2.75, 3.05) is 41.3 Å². The number of nitrogens with one attached hydrogen (secondary N) is 2. The van der Waals surface area contributed by atoms with Crippen molar-refractivity contribution in [3.8, 4) is 0 Å². The van der Waals surface area contributed by atoms with Gasteiger partial charge in [-0.3, -0.25) is 4.79 Å². The second-order valence-electron chi connectivity index (χ2n) is 10.4. The highest BCUT2D eigenvalue weighted by Crippen LogP contribution is 2.59. The summed E-state index contributed by atoms with van der Waals surface area (Å²) in [6.07, 6.45) is 10.4. The molecule has 2 saturated heterocycles. The van der Waals surface area contributed by atoms with Crippen molar-refractivity contribution in [1.82, 2.24) is 20.2 Å². The first-order valence-electron chi connectivity index (χ1n) is 12.7. The molecule has 2 N–H and O–H groups in total. The van der Waals surface area contributed by atoms with Gasteiger partial charge in [0, 0.05) is 37.6 Å². The number of nitrogens with zero attached hydrogens (tertiary/aromatic N) is 5. The van der Waals surface area contributed by atoms with E-state index in [0.717, 1.165) is 50.6 Å². The summed E-state index contributed by atoms with van der Waals surface area (Å²) in [7, 11) is 0. The van der Waals surface area contributed by atoms with Gasteiger partial charge in [0.2, 0.25) is 5.95 Å². The van der Waals surface area contributed by atoms with Gasteiger partial charge in [-0.05, 0) is 67.7 Å². The Kier molecular flexibility index (Phi) is 5.38. The van der Waals surface area contributed by atoms with Crippen LogP contribution in [0.4, 0.5) is 23.1 Å². The minimum absolute atomic E-state index is 0.282. The summed E-state index contributed by atoms with van der Waals surface area (Å²) in [5, 5.41) is 10.3. The molecule has 3 aromatic rings.